The molecule has 0 aliphatic heterocycles. The van der Waals surface area contributed by atoms with Crippen LogP contribution in [-0.2, 0) is 14.3 Å². The third kappa shape index (κ3) is 6.91. The van der Waals surface area contributed by atoms with Gasteiger partial charge < -0.3 is 19.7 Å². The van der Waals surface area contributed by atoms with Gasteiger partial charge in [0.15, 0.2) is 0 Å². The van der Waals surface area contributed by atoms with Crippen LogP contribution in [0.15, 0.2) is 24.3 Å². The van der Waals surface area contributed by atoms with Crippen molar-refractivity contribution in [2.24, 2.45) is 0 Å². The Labute approximate surface area is 133 Å². The topological polar surface area (TPSA) is 50.8 Å². The summed E-state index contributed by atoms with van der Waals surface area (Å²) in [7, 11) is 0. The molecule has 0 unspecified atom stereocenters. The van der Waals surface area contributed by atoms with Crippen LogP contribution in [0, 0.1) is 0 Å². The van der Waals surface area contributed by atoms with Gasteiger partial charge in [-0.25, -0.2) is 0 Å². The summed E-state index contributed by atoms with van der Waals surface area (Å²) in [6.07, 6.45) is 0.475. The van der Waals surface area contributed by atoms with E-state index >= 15 is 0 Å². The van der Waals surface area contributed by atoms with Crippen LogP contribution in [0.2, 0.25) is 0 Å². The van der Waals surface area contributed by atoms with E-state index in [2.05, 4.69) is 10.2 Å². The quantitative estimate of drug-likeness (QED) is 0.639. The zero-order valence-corrected chi connectivity index (χ0v) is 13.9. The third-order valence-electron chi connectivity index (χ3n) is 3.24. The molecule has 22 heavy (non-hydrogen) atoms. The highest BCUT2D eigenvalue weighted by Gasteiger charge is 2.08. The fraction of sp³-hybridized carbons (Fsp3) is 0.588. The second-order valence-electron chi connectivity index (χ2n) is 4.83. The molecule has 0 aliphatic rings. The lowest BCUT2D eigenvalue weighted by Crippen LogP contribution is -2.31. The van der Waals surface area contributed by atoms with Gasteiger partial charge >= 0.3 is 0 Å². The first-order valence-electron chi connectivity index (χ1n) is 8.01. The molecule has 5 heteroatoms. The van der Waals surface area contributed by atoms with E-state index in [9.17, 15) is 4.79 Å². The van der Waals surface area contributed by atoms with E-state index in [-0.39, 0.29) is 5.91 Å². The summed E-state index contributed by atoms with van der Waals surface area (Å²) in [5, 5.41) is 2.89. The Balaban J connectivity index is 2.73. The number of rotatable bonds is 11. The van der Waals surface area contributed by atoms with Gasteiger partial charge in [0.2, 0.25) is 5.91 Å². The number of hydrogen-bond donors (Lipinski definition) is 1. The normalized spacial score (nSPS) is 10.5. The van der Waals surface area contributed by atoms with Gasteiger partial charge in [-0.05, 0) is 32.0 Å². The summed E-state index contributed by atoms with van der Waals surface area (Å²) in [6, 6.07) is 7.89. The molecule has 0 radical (unpaired) electrons. The standard InChI is InChI=1S/C17H28N2O3/c1-4-17(20)18-15-8-7-9-16(14-15)19(10-12-21-5-2)11-13-22-6-3/h7-9,14H,4-6,10-13H2,1-3H3,(H,18,20). The number of carbonyl (C=O) groups is 1. The Morgan fingerprint density at radius 1 is 1.09 bits per heavy atom. The summed E-state index contributed by atoms with van der Waals surface area (Å²) in [5.41, 5.74) is 1.88. The van der Waals surface area contributed by atoms with Gasteiger partial charge in [0, 0.05) is 44.1 Å². The van der Waals surface area contributed by atoms with Gasteiger partial charge in [-0.15, -0.1) is 0 Å². The number of benzene rings is 1. The van der Waals surface area contributed by atoms with Crippen LogP contribution in [0.4, 0.5) is 11.4 Å². The molecular weight excluding hydrogens is 280 g/mol. The molecule has 1 aromatic carbocycles. The highest BCUT2D eigenvalue weighted by Crippen LogP contribution is 2.19. The maximum Gasteiger partial charge on any atom is 0.224 e. The molecular formula is C17H28N2O3. The van der Waals surface area contributed by atoms with Crippen molar-refractivity contribution in [2.75, 3.05) is 49.7 Å². The second-order valence-corrected chi connectivity index (χ2v) is 4.83. The number of hydrogen-bond acceptors (Lipinski definition) is 4. The Morgan fingerprint density at radius 2 is 1.73 bits per heavy atom. The molecule has 0 spiro atoms. The minimum atomic E-state index is 0.0207. The van der Waals surface area contributed by atoms with E-state index in [0.717, 1.165) is 24.5 Å². The smallest absolute Gasteiger partial charge is 0.224 e. The molecule has 124 valence electrons. The highest BCUT2D eigenvalue weighted by molar-refractivity contribution is 5.90. The molecule has 5 nitrogen and oxygen atoms in total. The van der Waals surface area contributed by atoms with Crippen LogP contribution < -0.4 is 10.2 Å². The predicted molar refractivity (Wildman–Crippen MR) is 90.6 cm³/mol. The fourth-order valence-corrected chi connectivity index (χ4v) is 2.04. The van der Waals surface area contributed by atoms with E-state index in [0.29, 0.717) is 32.8 Å². The molecule has 0 saturated heterocycles. The number of carbonyl (C=O) groups excluding carboxylic acids is 1. The van der Waals surface area contributed by atoms with Gasteiger partial charge in [-0.2, -0.15) is 0 Å². The molecule has 1 N–H and O–H groups in total. The zero-order valence-electron chi connectivity index (χ0n) is 13.9. The van der Waals surface area contributed by atoms with E-state index in [1.807, 2.05) is 45.0 Å². The van der Waals surface area contributed by atoms with Gasteiger partial charge in [0.05, 0.1) is 13.2 Å². The van der Waals surface area contributed by atoms with E-state index in [4.69, 9.17) is 9.47 Å². The molecule has 0 heterocycles. The lowest BCUT2D eigenvalue weighted by atomic mass is 10.2. The molecule has 0 fully saturated rings. The van der Waals surface area contributed by atoms with Crippen molar-refractivity contribution in [2.45, 2.75) is 27.2 Å². The fourth-order valence-electron chi connectivity index (χ4n) is 2.04. The van der Waals surface area contributed by atoms with Crippen molar-refractivity contribution in [3.63, 3.8) is 0 Å². The molecule has 1 rings (SSSR count). The van der Waals surface area contributed by atoms with E-state index in [1.54, 1.807) is 0 Å². The van der Waals surface area contributed by atoms with Gasteiger partial charge in [0.25, 0.3) is 0 Å². The van der Waals surface area contributed by atoms with E-state index in [1.165, 1.54) is 0 Å². The summed E-state index contributed by atoms with van der Waals surface area (Å²) in [5.74, 6) is 0.0207. The maximum absolute atomic E-state index is 11.5. The van der Waals surface area contributed by atoms with Crippen molar-refractivity contribution in [1.29, 1.82) is 0 Å². The Bertz CT molecular complexity index is 428. The Hall–Kier alpha value is -1.59. The number of anilines is 2. The number of amides is 1. The van der Waals surface area contributed by atoms with E-state index < -0.39 is 0 Å². The van der Waals surface area contributed by atoms with Crippen molar-refractivity contribution in [1.82, 2.24) is 0 Å². The molecule has 0 aliphatic carbocycles. The largest absolute Gasteiger partial charge is 0.380 e. The van der Waals surface area contributed by atoms with Crippen LogP contribution in [0.1, 0.15) is 27.2 Å². The highest BCUT2D eigenvalue weighted by atomic mass is 16.5. The molecule has 0 bridgehead atoms. The minimum absolute atomic E-state index is 0.0207. The van der Waals surface area contributed by atoms with Gasteiger partial charge in [-0.1, -0.05) is 13.0 Å². The van der Waals surface area contributed by atoms with Crippen molar-refractivity contribution < 1.29 is 14.3 Å². The zero-order chi connectivity index (χ0) is 16.2. The van der Waals surface area contributed by atoms with Crippen LogP contribution >= 0.6 is 0 Å². The average molecular weight is 308 g/mol. The molecule has 1 aromatic rings. The van der Waals surface area contributed by atoms with Gasteiger partial charge in [-0.3, -0.25) is 4.79 Å². The molecule has 0 aromatic heterocycles. The first kappa shape index (κ1) is 18.5. The predicted octanol–water partition coefficient (Wildman–Crippen LogP) is 2.91. The summed E-state index contributed by atoms with van der Waals surface area (Å²) < 4.78 is 10.9. The SMILES string of the molecule is CCOCCN(CCOCC)c1cccc(NC(=O)CC)c1. The summed E-state index contributed by atoms with van der Waals surface area (Å²) in [6.45, 7) is 10.2. The maximum atomic E-state index is 11.5. The van der Waals surface area contributed by atoms with Crippen LogP contribution in [0.3, 0.4) is 0 Å². The molecule has 0 atom stereocenters. The van der Waals surface area contributed by atoms with Crippen LogP contribution in [0.5, 0.6) is 0 Å². The lowest BCUT2D eigenvalue weighted by Gasteiger charge is -2.25. The first-order valence-corrected chi connectivity index (χ1v) is 8.01. The molecule has 1 amide bonds. The molecule has 0 saturated carbocycles. The van der Waals surface area contributed by atoms with Crippen molar-refractivity contribution >= 4 is 17.3 Å². The second kappa shape index (κ2) is 11.0. The summed E-state index contributed by atoms with van der Waals surface area (Å²) in [4.78, 5) is 13.7. The first-order chi connectivity index (χ1) is 10.7. The Morgan fingerprint density at radius 3 is 2.27 bits per heavy atom. The minimum Gasteiger partial charge on any atom is -0.380 e. The third-order valence-corrected chi connectivity index (χ3v) is 3.24. The average Bonchev–Trinajstić information content (AvgIpc) is 2.54. The van der Waals surface area contributed by atoms with Gasteiger partial charge in [0.1, 0.15) is 0 Å². The monoisotopic (exact) mass is 308 g/mol. The van der Waals surface area contributed by atoms with Crippen molar-refractivity contribution in [3.8, 4) is 0 Å². The van der Waals surface area contributed by atoms with Crippen LogP contribution in [-0.4, -0.2) is 45.4 Å². The number of nitrogens with zero attached hydrogens (tertiary/aromatic N) is 1. The number of nitrogens with one attached hydrogen (secondary N) is 1. The Kier molecular flexibility index (Phi) is 9.26. The number of ether oxygens (including phenoxy) is 2. The lowest BCUT2D eigenvalue weighted by molar-refractivity contribution is -0.115. The summed E-state index contributed by atoms with van der Waals surface area (Å²) >= 11 is 0. The van der Waals surface area contributed by atoms with Crippen molar-refractivity contribution in [3.05, 3.63) is 24.3 Å². The van der Waals surface area contributed by atoms with Crippen LogP contribution in [0.25, 0.3) is 0 Å².